The van der Waals surface area contributed by atoms with Gasteiger partial charge in [-0.05, 0) is 54.3 Å². The van der Waals surface area contributed by atoms with E-state index in [2.05, 4.69) is 4.90 Å². The predicted octanol–water partition coefficient (Wildman–Crippen LogP) is 2.69. The summed E-state index contributed by atoms with van der Waals surface area (Å²) in [4.78, 5) is 2.14. The fraction of sp³-hybridized carbons (Fsp3) is 0.294. The van der Waals surface area contributed by atoms with Crippen molar-refractivity contribution in [3.05, 3.63) is 46.5 Å². The molecule has 3 rings (SSSR count). The molecule has 0 atom stereocenters. The Hall–Kier alpha value is -2.12. The molecule has 25 heavy (non-hydrogen) atoms. The van der Waals surface area contributed by atoms with Crippen molar-refractivity contribution in [2.24, 2.45) is 0 Å². The second kappa shape index (κ2) is 6.65. The highest BCUT2D eigenvalue weighted by atomic mass is 35.5. The van der Waals surface area contributed by atoms with E-state index in [0.29, 0.717) is 25.9 Å². The van der Waals surface area contributed by atoms with Gasteiger partial charge in [0.05, 0.1) is 11.3 Å². The van der Waals surface area contributed by atoms with Gasteiger partial charge in [0, 0.05) is 18.8 Å². The van der Waals surface area contributed by atoms with Crippen LogP contribution in [0.15, 0.2) is 30.3 Å². The number of halogens is 1. The average molecular weight is 384 g/mol. The van der Waals surface area contributed by atoms with Crippen LogP contribution in [0.2, 0.25) is 5.02 Å². The number of fused-ring (bicyclic) bond motifs is 1. The molecule has 2 N–H and O–H groups in total. The fourth-order valence-electron chi connectivity index (χ4n) is 2.96. The maximum absolute atomic E-state index is 11.4. The van der Waals surface area contributed by atoms with Crippen LogP contribution in [0.3, 0.4) is 0 Å². The van der Waals surface area contributed by atoms with Gasteiger partial charge in [0.25, 0.3) is 0 Å². The van der Waals surface area contributed by atoms with E-state index in [1.165, 1.54) is 6.07 Å². The number of anilines is 1. The zero-order valence-electron chi connectivity index (χ0n) is 13.6. The Morgan fingerprint density at radius 2 is 1.76 bits per heavy atom. The third kappa shape index (κ3) is 3.93. The SMILES string of the molecule is CS(=O)(=O)Oc1cc2c(c(Cl)c1O)CCN(c1ccc(O)cc1)CC2. The molecule has 0 radical (unpaired) electrons. The standard InChI is InChI=1S/C17H18ClNO5S/c1-25(22,23)24-15-10-11-6-8-19(12-2-4-13(20)5-3-12)9-7-14(11)16(18)17(15)21/h2-5,10,20-21H,6-9H2,1H3. The van der Waals surface area contributed by atoms with Crippen molar-refractivity contribution in [1.29, 1.82) is 0 Å². The summed E-state index contributed by atoms with van der Waals surface area (Å²) in [7, 11) is -3.76. The molecule has 1 aliphatic heterocycles. The fourth-order valence-corrected chi connectivity index (χ4v) is 3.72. The smallest absolute Gasteiger partial charge is 0.306 e. The number of benzene rings is 2. The number of aromatic hydroxyl groups is 2. The molecule has 0 saturated carbocycles. The molecule has 134 valence electrons. The topological polar surface area (TPSA) is 87.1 Å². The zero-order chi connectivity index (χ0) is 18.2. The molecule has 0 spiro atoms. The second-order valence-corrected chi connectivity index (χ2v) is 7.92. The monoisotopic (exact) mass is 383 g/mol. The van der Waals surface area contributed by atoms with Gasteiger partial charge in [-0.3, -0.25) is 0 Å². The molecule has 2 aromatic rings. The Labute approximate surface area is 151 Å². The molecular weight excluding hydrogens is 366 g/mol. The molecule has 1 aliphatic rings. The summed E-state index contributed by atoms with van der Waals surface area (Å²) in [5.41, 5.74) is 2.61. The second-order valence-electron chi connectivity index (χ2n) is 5.97. The number of nitrogens with zero attached hydrogens (tertiary/aromatic N) is 1. The molecule has 0 amide bonds. The van der Waals surface area contributed by atoms with E-state index in [4.69, 9.17) is 15.8 Å². The zero-order valence-corrected chi connectivity index (χ0v) is 15.1. The highest BCUT2D eigenvalue weighted by molar-refractivity contribution is 7.86. The normalized spacial score (nSPS) is 14.7. The first-order valence-corrected chi connectivity index (χ1v) is 9.90. The van der Waals surface area contributed by atoms with Gasteiger partial charge in [0.15, 0.2) is 11.5 Å². The first-order valence-electron chi connectivity index (χ1n) is 7.71. The van der Waals surface area contributed by atoms with Crippen molar-refractivity contribution in [1.82, 2.24) is 0 Å². The van der Waals surface area contributed by atoms with Crippen LogP contribution in [0.4, 0.5) is 5.69 Å². The summed E-state index contributed by atoms with van der Waals surface area (Å²) in [5, 5.41) is 19.7. The first-order chi connectivity index (χ1) is 11.7. The molecule has 0 aromatic heterocycles. The van der Waals surface area contributed by atoms with Crippen molar-refractivity contribution in [2.45, 2.75) is 12.8 Å². The van der Waals surface area contributed by atoms with Gasteiger partial charge in [0.1, 0.15) is 5.75 Å². The number of phenolic OH excluding ortho intramolecular Hbond substituents is 2. The largest absolute Gasteiger partial charge is 0.508 e. The predicted molar refractivity (Wildman–Crippen MR) is 96.3 cm³/mol. The minimum absolute atomic E-state index is 0.128. The van der Waals surface area contributed by atoms with Crippen LogP contribution >= 0.6 is 11.6 Å². The number of rotatable bonds is 3. The van der Waals surface area contributed by atoms with E-state index >= 15 is 0 Å². The third-order valence-corrected chi connectivity index (χ3v) is 5.03. The van der Waals surface area contributed by atoms with Gasteiger partial charge >= 0.3 is 10.1 Å². The molecule has 0 unspecified atom stereocenters. The lowest BCUT2D eigenvalue weighted by Gasteiger charge is -2.22. The lowest BCUT2D eigenvalue weighted by molar-refractivity contribution is 0.430. The summed E-state index contributed by atoms with van der Waals surface area (Å²) in [6.07, 6.45) is 2.14. The maximum atomic E-state index is 11.4. The Morgan fingerprint density at radius 1 is 1.12 bits per heavy atom. The Bertz CT molecular complexity index is 896. The van der Waals surface area contributed by atoms with Gasteiger partial charge in [-0.1, -0.05) is 11.6 Å². The van der Waals surface area contributed by atoms with Crippen LogP contribution in [-0.2, 0) is 23.0 Å². The van der Waals surface area contributed by atoms with E-state index in [1.807, 2.05) is 12.1 Å². The van der Waals surface area contributed by atoms with Gasteiger partial charge in [0.2, 0.25) is 0 Å². The molecular formula is C17H18ClNO5S. The Kier molecular flexibility index (Phi) is 4.71. The van der Waals surface area contributed by atoms with Crippen LogP contribution in [0, 0.1) is 0 Å². The van der Waals surface area contributed by atoms with E-state index in [-0.39, 0.29) is 22.3 Å². The van der Waals surface area contributed by atoms with E-state index in [9.17, 15) is 18.6 Å². The van der Waals surface area contributed by atoms with E-state index in [1.54, 1.807) is 12.1 Å². The van der Waals surface area contributed by atoms with Gasteiger partial charge in [-0.15, -0.1) is 0 Å². The molecule has 0 saturated heterocycles. The third-order valence-electron chi connectivity index (χ3n) is 4.14. The van der Waals surface area contributed by atoms with E-state index in [0.717, 1.165) is 23.1 Å². The molecule has 6 nitrogen and oxygen atoms in total. The molecule has 8 heteroatoms. The van der Waals surface area contributed by atoms with Crippen LogP contribution in [0.1, 0.15) is 11.1 Å². The van der Waals surface area contributed by atoms with Crippen molar-refractivity contribution in [2.75, 3.05) is 24.2 Å². The summed E-state index contributed by atoms with van der Waals surface area (Å²) >= 11 is 6.26. The molecule has 0 bridgehead atoms. The number of hydrogen-bond acceptors (Lipinski definition) is 6. The highest BCUT2D eigenvalue weighted by Gasteiger charge is 2.23. The average Bonchev–Trinajstić information content (AvgIpc) is 2.75. The van der Waals surface area contributed by atoms with Gasteiger partial charge < -0.3 is 19.3 Å². The van der Waals surface area contributed by atoms with Crippen molar-refractivity contribution < 1.29 is 22.8 Å². The summed E-state index contributed by atoms with van der Waals surface area (Å²) in [6.45, 7) is 1.38. The molecule has 0 fully saturated rings. The van der Waals surface area contributed by atoms with Crippen LogP contribution < -0.4 is 9.08 Å². The number of phenols is 2. The van der Waals surface area contributed by atoms with Crippen molar-refractivity contribution in [3.8, 4) is 17.2 Å². The van der Waals surface area contributed by atoms with Crippen molar-refractivity contribution in [3.63, 3.8) is 0 Å². The minimum atomic E-state index is -3.76. The first kappa shape index (κ1) is 17.7. The lowest BCUT2D eigenvalue weighted by atomic mass is 10.0. The van der Waals surface area contributed by atoms with Crippen LogP contribution in [-0.4, -0.2) is 38.0 Å². The minimum Gasteiger partial charge on any atom is -0.508 e. The lowest BCUT2D eigenvalue weighted by Crippen LogP contribution is -2.25. The summed E-state index contributed by atoms with van der Waals surface area (Å²) in [5.74, 6) is -0.300. The summed E-state index contributed by atoms with van der Waals surface area (Å²) in [6, 6.07) is 8.47. The molecule has 1 heterocycles. The molecule has 0 aliphatic carbocycles. The quantitative estimate of drug-likeness (QED) is 0.792. The van der Waals surface area contributed by atoms with Crippen LogP contribution in [0.25, 0.3) is 0 Å². The van der Waals surface area contributed by atoms with E-state index < -0.39 is 10.1 Å². The summed E-state index contributed by atoms with van der Waals surface area (Å²) < 4.78 is 27.6. The van der Waals surface area contributed by atoms with Crippen molar-refractivity contribution >= 4 is 27.4 Å². The van der Waals surface area contributed by atoms with Gasteiger partial charge in [-0.2, -0.15) is 8.42 Å². The van der Waals surface area contributed by atoms with Gasteiger partial charge in [-0.25, -0.2) is 0 Å². The number of hydrogen-bond donors (Lipinski definition) is 2. The highest BCUT2D eigenvalue weighted by Crippen LogP contribution is 2.41. The van der Waals surface area contributed by atoms with Crippen LogP contribution in [0.5, 0.6) is 17.2 Å². The Balaban J connectivity index is 1.91. The maximum Gasteiger partial charge on any atom is 0.306 e. The Morgan fingerprint density at radius 3 is 2.40 bits per heavy atom. The molecule has 2 aromatic carbocycles.